The molecule has 5 aliphatic rings. The highest BCUT2D eigenvalue weighted by Gasteiger charge is 2.80. The maximum atomic E-state index is 17.3. The van der Waals surface area contributed by atoms with Crippen LogP contribution in [-0.2, 0) is 19.1 Å². The summed E-state index contributed by atoms with van der Waals surface area (Å²) in [6.07, 6.45) is -1.85. The monoisotopic (exact) mass is 486 g/mol. The van der Waals surface area contributed by atoms with Crippen LogP contribution in [0, 0.1) is 22.7 Å². The Kier molecular flexibility index (Phi) is 4.80. The van der Waals surface area contributed by atoms with Crippen LogP contribution in [0.1, 0.15) is 47.0 Å². The molecule has 0 unspecified atom stereocenters. The van der Waals surface area contributed by atoms with E-state index in [-0.39, 0.29) is 29.9 Å². The van der Waals surface area contributed by atoms with Crippen LogP contribution >= 0.6 is 11.6 Å². The minimum atomic E-state index is -2.33. The first kappa shape index (κ1) is 23.5. The smallest absolute Gasteiger partial charge is 0.196 e. The molecule has 0 amide bonds. The maximum absolute atomic E-state index is 17.3. The highest BCUT2D eigenvalue weighted by Crippen LogP contribution is 2.72. The zero-order valence-corrected chi connectivity index (χ0v) is 19.8. The van der Waals surface area contributed by atoms with Gasteiger partial charge in [0.1, 0.15) is 12.8 Å². The van der Waals surface area contributed by atoms with E-state index in [1.54, 1.807) is 20.8 Å². The SMILES string of the molecule is CC1(C)O[C@@H]2C[C@H]3[C@@H]4C[C@H](F)C5=C(Cl)C(=O)C=C[C@]5(C)[C@@]4(F)[C@@H](O)C[C@]3(C)[C@]2(C(=O)CO)O1. The number of rotatable bonds is 2. The highest BCUT2D eigenvalue weighted by atomic mass is 35.5. The minimum Gasteiger partial charge on any atom is -0.390 e. The van der Waals surface area contributed by atoms with E-state index in [2.05, 4.69) is 0 Å². The summed E-state index contributed by atoms with van der Waals surface area (Å²) in [6.45, 7) is 5.75. The van der Waals surface area contributed by atoms with Crippen LogP contribution in [0.2, 0.25) is 0 Å². The molecule has 33 heavy (non-hydrogen) atoms. The van der Waals surface area contributed by atoms with E-state index in [4.69, 9.17) is 21.1 Å². The number of fused-ring (bicyclic) bond motifs is 7. The molecule has 9 heteroatoms. The molecule has 182 valence electrons. The lowest BCUT2D eigenvalue weighted by molar-refractivity contribution is -0.249. The third kappa shape index (κ3) is 2.52. The van der Waals surface area contributed by atoms with E-state index in [1.807, 2.05) is 0 Å². The largest absolute Gasteiger partial charge is 0.390 e. The number of alkyl halides is 2. The second kappa shape index (κ2) is 6.72. The molecule has 1 heterocycles. The molecule has 0 spiro atoms. The van der Waals surface area contributed by atoms with Crippen molar-refractivity contribution >= 4 is 23.2 Å². The zero-order chi connectivity index (χ0) is 24.4. The minimum absolute atomic E-state index is 0.133. The summed E-state index contributed by atoms with van der Waals surface area (Å²) in [7, 11) is 0. The van der Waals surface area contributed by atoms with Crippen molar-refractivity contribution in [3.05, 3.63) is 22.8 Å². The van der Waals surface area contributed by atoms with Crippen LogP contribution in [0.5, 0.6) is 0 Å². The highest BCUT2D eigenvalue weighted by molar-refractivity contribution is 6.45. The van der Waals surface area contributed by atoms with Gasteiger partial charge in [0.25, 0.3) is 0 Å². The number of carbonyl (C=O) groups is 2. The fraction of sp³-hybridized carbons (Fsp3) is 0.750. The van der Waals surface area contributed by atoms with Gasteiger partial charge in [-0.3, -0.25) is 9.59 Å². The molecule has 0 radical (unpaired) electrons. The third-order valence-corrected chi connectivity index (χ3v) is 9.65. The Bertz CT molecular complexity index is 1010. The van der Waals surface area contributed by atoms with Crippen molar-refractivity contribution < 1.29 is 38.1 Å². The van der Waals surface area contributed by atoms with Crippen LogP contribution in [0.3, 0.4) is 0 Å². The van der Waals surface area contributed by atoms with Gasteiger partial charge in [-0.2, -0.15) is 0 Å². The lowest BCUT2D eigenvalue weighted by atomic mass is 9.44. The molecule has 2 N–H and O–H groups in total. The molecule has 4 fully saturated rings. The number of Topliss-reactive ketones (excluding diaryl/α,β-unsaturated/α-hetero) is 1. The van der Waals surface area contributed by atoms with E-state index in [9.17, 15) is 19.8 Å². The molecular weight excluding hydrogens is 458 g/mol. The van der Waals surface area contributed by atoms with Crippen molar-refractivity contribution in [1.29, 1.82) is 0 Å². The molecule has 0 aromatic rings. The van der Waals surface area contributed by atoms with Crippen LogP contribution in [0.15, 0.2) is 22.8 Å². The van der Waals surface area contributed by atoms with E-state index >= 15 is 8.78 Å². The molecule has 0 bridgehead atoms. The molecule has 1 aliphatic heterocycles. The number of carbonyl (C=O) groups excluding carboxylic acids is 2. The van der Waals surface area contributed by atoms with Gasteiger partial charge in [0.2, 0.25) is 0 Å². The van der Waals surface area contributed by atoms with E-state index in [0.717, 1.165) is 6.08 Å². The number of hydrogen-bond acceptors (Lipinski definition) is 6. The van der Waals surface area contributed by atoms with Gasteiger partial charge in [0.05, 0.1) is 17.2 Å². The number of halogens is 3. The van der Waals surface area contributed by atoms with Crippen molar-refractivity contribution in [2.75, 3.05) is 6.61 Å². The molecule has 4 aliphatic carbocycles. The number of allylic oxidation sites excluding steroid dienone is 4. The van der Waals surface area contributed by atoms with E-state index in [1.165, 1.54) is 13.0 Å². The quantitative estimate of drug-likeness (QED) is 0.623. The summed E-state index contributed by atoms with van der Waals surface area (Å²) < 4.78 is 45.1. The van der Waals surface area contributed by atoms with Gasteiger partial charge in [-0.05, 0) is 57.6 Å². The van der Waals surface area contributed by atoms with Gasteiger partial charge in [0, 0.05) is 16.7 Å². The van der Waals surface area contributed by atoms with Gasteiger partial charge in [-0.25, -0.2) is 8.78 Å². The van der Waals surface area contributed by atoms with Crippen molar-refractivity contribution in [2.45, 2.75) is 82.4 Å². The molecule has 1 saturated heterocycles. The standard InChI is InChI=1S/C24H29ClF2O6/c1-20(2)32-17-8-11-12-7-13(26)18-19(25)14(29)5-6-21(18,3)23(12,27)15(30)9-22(11,4)24(17,33-20)16(31)10-28/h5-6,11-13,15,17,28,30H,7-10H2,1-4H3/t11-,12-,13-,15-,17+,21-,22-,23-,24+/m0/s1. The average molecular weight is 487 g/mol. The third-order valence-electron chi connectivity index (χ3n) is 9.26. The van der Waals surface area contributed by atoms with Crippen molar-refractivity contribution in [1.82, 2.24) is 0 Å². The average Bonchev–Trinajstić information content (AvgIpc) is 3.13. The molecular formula is C24H29ClF2O6. The van der Waals surface area contributed by atoms with Crippen LogP contribution in [0.4, 0.5) is 8.78 Å². The molecule has 0 aromatic heterocycles. The Morgan fingerprint density at radius 1 is 1.24 bits per heavy atom. The van der Waals surface area contributed by atoms with Crippen molar-refractivity contribution in [2.24, 2.45) is 22.7 Å². The first-order chi connectivity index (χ1) is 15.2. The summed E-state index contributed by atoms with van der Waals surface area (Å²) >= 11 is 6.17. The Morgan fingerprint density at radius 2 is 1.91 bits per heavy atom. The zero-order valence-electron chi connectivity index (χ0n) is 19.0. The van der Waals surface area contributed by atoms with Gasteiger partial charge in [-0.1, -0.05) is 24.6 Å². The predicted octanol–water partition coefficient (Wildman–Crippen LogP) is 2.93. The van der Waals surface area contributed by atoms with Gasteiger partial charge < -0.3 is 19.7 Å². The Balaban J connectivity index is 1.67. The summed E-state index contributed by atoms with van der Waals surface area (Å²) in [4.78, 5) is 25.3. The lowest BCUT2D eigenvalue weighted by Gasteiger charge is -2.63. The maximum Gasteiger partial charge on any atom is 0.196 e. The summed E-state index contributed by atoms with van der Waals surface area (Å²) in [5.41, 5.74) is -6.79. The second-order valence-corrected chi connectivity index (χ2v) is 11.5. The van der Waals surface area contributed by atoms with Gasteiger partial charge in [-0.15, -0.1) is 0 Å². The Labute approximate surface area is 195 Å². The van der Waals surface area contributed by atoms with Crippen LogP contribution in [-0.4, -0.2) is 63.8 Å². The summed E-state index contributed by atoms with van der Waals surface area (Å²) in [5.74, 6) is -3.87. The van der Waals surface area contributed by atoms with Gasteiger partial charge >= 0.3 is 0 Å². The van der Waals surface area contributed by atoms with E-state index in [0.29, 0.717) is 0 Å². The topological polar surface area (TPSA) is 93.1 Å². The van der Waals surface area contributed by atoms with E-state index < -0.39 is 76.3 Å². The fourth-order valence-corrected chi connectivity index (χ4v) is 8.39. The molecule has 0 aromatic carbocycles. The molecule has 3 saturated carbocycles. The lowest BCUT2D eigenvalue weighted by Crippen LogP contribution is -2.71. The predicted molar refractivity (Wildman–Crippen MR) is 114 cm³/mol. The molecule has 9 atom stereocenters. The Hall–Kier alpha value is -1.19. The van der Waals surface area contributed by atoms with Crippen LogP contribution < -0.4 is 0 Å². The fourth-order valence-electron chi connectivity index (χ4n) is 8.01. The van der Waals surface area contributed by atoms with Crippen molar-refractivity contribution in [3.8, 4) is 0 Å². The Morgan fingerprint density at radius 3 is 2.55 bits per heavy atom. The number of hydrogen-bond donors (Lipinski definition) is 2. The number of aliphatic hydroxyl groups is 2. The second-order valence-electron chi connectivity index (χ2n) is 11.1. The van der Waals surface area contributed by atoms with Crippen LogP contribution in [0.25, 0.3) is 0 Å². The molecule has 6 nitrogen and oxygen atoms in total. The number of ketones is 2. The normalized spacial score (nSPS) is 52.3. The first-order valence-corrected chi connectivity index (χ1v) is 11.7. The van der Waals surface area contributed by atoms with Crippen molar-refractivity contribution in [3.63, 3.8) is 0 Å². The van der Waals surface area contributed by atoms with Gasteiger partial charge in [0.15, 0.2) is 28.6 Å². The first-order valence-electron chi connectivity index (χ1n) is 11.4. The summed E-state index contributed by atoms with van der Waals surface area (Å²) in [5, 5.41) is 20.9. The number of ether oxygens (including phenoxy) is 2. The molecule has 5 rings (SSSR count). The summed E-state index contributed by atoms with van der Waals surface area (Å²) in [6, 6.07) is 0. The number of aliphatic hydroxyl groups excluding tert-OH is 2.